The monoisotopic (exact) mass is 305 g/mol. The van der Waals surface area contributed by atoms with E-state index in [0.29, 0.717) is 12.1 Å². The molecule has 23 heavy (non-hydrogen) atoms. The number of allylic oxidation sites excluding steroid dienone is 1. The van der Waals surface area contributed by atoms with Gasteiger partial charge in [0.25, 0.3) is 0 Å². The first kappa shape index (κ1) is 14.9. The third-order valence-corrected chi connectivity index (χ3v) is 3.81. The number of hydrogen-bond donors (Lipinski definition) is 1. The summed E-state index contributed by atoms with van der Waals surface area (Å²) in [7, 11) is 0. The van der Waals surface area contributed by atoms with Gasteiger partial charge in [0.05, 0.1) is 17.2 Å². The maximum Gasteiger partial charge on any atom is 0.335 e. The average Bonchev–Trinajstić information content (AvgIpc) is 2.58. The molecule has 114 valence electrons. The van der Waals surface area contributed by atoms with E-state index in [1.54, 1.807) is 24.4 Å². The Morgan fingerprint density at radius 1 is 1.04 bits per heavy atom. The third-order valence-electron chi connectivity index (χ3n) is 3.81. The van der Waals surface area contributed by atoms with Gasteiger partial charge in [-0.05, 0) is 23.3 Å². The molecule has 0 bridgehead atoms. The van der Waals surface area contributed by atoms with E-state index in [-0.39, 0.29) is 11.3 Å². The number of Topliss-reactive ketones (excluding diaryl/α,β-unsaturated/α-hetero) is 1. The van der Waals surface area contributed by atoms with E-state index in [1.165, 1.54) is 12.1 Å². The van der Waals surface area contributed by atoms with Crippen molar-refractivity contribution in [3.05, 3.63) is 83.6 Å². The molecule has 2 aromatic rings. The summed E-state index contributed by atoms with van der Waals surface area (Å²) >= 11 is 0. The molecule has 3 rings (SSSR count). The van der Waals surface area contributed by atoms with E-state index >= 15 is 0 Å². The zero-order valence-corrected chi connectivity index (χ0v) is 12.3. The molecule has 0 aliphatic carbocycles. The highest BCUT2D eigenvalue weighted by atomic mass is 16.4. The minimum absolute atomic E-state index is 0.0422. The zero-order chi connectivity index (χ0) is 16.2. The molecule has 0 radical (unpaired) electrons. The molecular weight excluding hydrogens is 290 g/mol. The van der Waals surface area contributed by atoms with Crippen molar-refractivity contribution in [3.8, 4) is 0 Å². The molecule has 1 heterocycles. The van der Waals surface area contributed by atoms with Gasteiger partial charge >= 0.3 is 5.97 Å². The van der Waals surface area contributed by atoms with Crippen molar-refractivity contribution >= 4 is 17.5 Å². The standard InChI is InChI=1S/C19H15NO3/c21-18-16(14-6-8-15(9-7-14)19(22)23)10-11-20-17(18)12-13-4-2-1-3-5-13/h1-11,16H,12H2,(H,22,23). The lowest BCUT2D eigenvalue weighted by molar-refractivity contribution is -0.113. The molecule has 0 fully saturated rings. The number of carboxylic acids is 1. The number of hydrogen-bond acceptors (Lipinski definition) is 3. The third kappa shape index (κ3) is 3.26. The fraction of sp³-hybridized carbons (Fsp3) is 0.105. The molecule has 1 unspecified atom stereocenters. The molecule has 4 nitrogen and oxygen atoms in total. The van der Waals surface area contributed by atoms with Gasteiger partial charge in [0.2, 0.25) is 0 Å². The van der Waals surface area contributed by atoms with Crippen LogP contribution in [0.25, 0.3) is 0 Å². The first-order chi connectivity index (χ1) is 11.1. The minimum Gasteiger partial charge on any atom is -0.478 e. The summed E-state index contributed by atoms with van der Waals surface area (Å²) < 4.78 is 0. The maximum atomic E-state index is 12.7. The quantitative estimate of drug-likeness (QED) is 0.943. The lowest BCUT2D eigenvalue weighted by Crippen LogP contribution is -2.25. The molecule has 1 N–H and O–H groups in total. The van der Waals surface area contributed by atoms with Gasteiger partial charge in [0.15, 0.2) is 5.78 Å². The van der Waals surface area contributed by atoms with Gasteiger partial charge in [-0.2, -0.15) is 0 Å². The van der Waals surface area contributed by atoms with Crippen LogP contribution in [0.3, 0.4) is 0 Å². The summed E-state index contributed by atoms with van der Waals surface area (Å²) in [6.07, 6.45) is 3.88. The van der Waals surface area contributed by atoms with Crippen molar-refractivity contribution in [2.45, 2.75) is 12.3 Å². The number of nitrogens with zero attached hydrogens (tertiary/aromatic N) is 1. The molecule has 4 heteroatoms. The lowest BCUT2D eigenvalue weighted by Gasteiger charge is -2.17. The van der Waals surface area contributed by atoms with E-state index in [1.807, 2.05) is 30.3 Å². The second kappa shape index (κ2) is 6.40. The van der Waals surface area contributed by atoms with Crippen LogP contribution >= 0.6 is 0 Å². The van der Waals surface area contributed by atoms with Gasteiger partial charge in [-0.25, -0.2) is 4.79 Å². The van der Waals surface area contributed by atoms with Crippen LogP contribution < -0.4 is 0 Å². The van der Waals surface area contributed by atoms with E-state index in [2.05, 4.69) is 4.99 Å². The van der Waals surface area contributed by atoms with Crippen LogP contribution in [0.15, 0.2) is 71.9 Å². The molecule has 0 amide bonds. The lowest BCUT2D eigenvalue weighted by atomic mass is 9.88. The summed E-state index contributed by atoms with van der Waals surface area (Å²) in [6, 6.07) is 16.1. The van der Waals surface area contributed by atoms with Crippen molar-refractivity contribution in [2.75, 3.05) is 0 Å². The zero-order valence-electron chi connectivity index (χ0n) is 12.3. The second-order valence-corrected chi connectivity index (χ2v) is 5.35. The molecular formula is C19H15NO3. The average molecular weight is 305 g/mol. The van der Waals surface area contributed by atoms with Crippen LogP contribution in [0.2, 0.25) is 0 Å². The topological polar surface area (TPSA) is 66.7 Å². The van der Waals surface area contributed by atoms with Crippen LogP contribution in [-0.4, -0.2) is 22.6 Å². The SMILES string of the molecule is O=C(O)c1ccc(C2C=CN=C(Cc3ccccc3)C2=O)cc1. The number of aromatic carboxylic acids is 1. The summed E-state index contributed by atoms with van der Waals surface area (Å²) in [5.74, 6) is -1.43. The Morgan fingerprint density at radius 2 is 1.74 bits per heavy atom. The molecule has 0 aromatic heterocycles. The molecule has 0 spiro atoms. The predicted octanol–water partition coefficient (Wildman–Crippen LogP) is 3.25. The van der Waals surface area contributed by atoms with Gasteiger partial charge in [0, 0.05) is 12.6 Å². The molecule has 0 saturated heterocycles. The summed E-state index contributed by atoms with van der Waals surface area (Å²) in [5, 5.41) is 8.94. The highest BCUT2D eigenvalue weighted by Gasteiger charge is 2.25. The van der Waals surface area contributed by atoms with Crippen molar-refractivity contribution in [2.24, 2.45) is 4.99 Å². The summed E-state index contributed by atoms with van der Waals surface area (Å²) in [5.41, 5.74) is 2.54. The first-order valence-electron chi connectivity index (χ1n) is 7.30. The second-order valence-electron chi connectivity index (χ2n) is 5.35. The molecule has 0 saturated carbocycles. The van der Waals surface area contributed by atoms with E-state index in [9.17, 15) is 9.59 Å². The Kier molecular flexibility index (Phi) is 4.15. The summed E-state index contributed by atoms with van der Waals surface area (Å²) in [4.78, 5) is 27.8. The Morgan fingerprint density at radius 3 is 2.39 bits per heavy atom. The Hall–Kier alpha value is -3.01. The number of ketones is 1. The van der Waals surface area contributed by atoms with Crippen molar-refractivity contribution in [1.29, 1.82) is 0 Å². The van der Waals surface area contributed by atoms with Crippen LogP contribution in [0, 0.1) is 0 Å². The Bertz CT molecular complexity index is 789. The van der Waals surface area contributed by atoms with E-state index in [0.717, 1.165) is 11.1 Å². The fourth-order valence-electron chi connectivity index (χ4n) is 2.57. The molecule has 1 atom stereocenters. The number of benzene rings is 2. The van der Waals surface area contributed by atoms with Crippen molar-refractivity contribution < 1.29 is 14.7 Å². The predicted molar refractivity (Wildman–Crippen MR) is 87.9 cm³/mol. The number of carboxylic acid groups (broad SMARTS) is 1. The summed E-state index contributed by atoms with van der Waals surface area (Å²) in [6.45, 7) is 0. The minimum atomic E-state index is -0.978. The van der Waals surface area contributed by atoms with Gasteiger partial charge in [-0.15, -0.1) is 0 Å². The van der Waals surface area contributed by atoms with Gasteiger partial charge < -0.3 is 5.11 Å². The fourth-order valence-corrected chi connectivity index (χ4v) is 2.57. The van der Waals surface area contributed by atoms with E-state index < -0.39 is 11.9 Å². The molecule has 2 aromatic carbocycles. The first-order valence-corrected chi connectivity index (χ1v) is 7.30. The van der Waals surface area contributed by atoms with Gasteiger partial charge in [-0.3, -0.25) is 9.79 Å². The number of carbonyl (C=O) groups excluding carboxylic acids is 1. The van der Waals surface area contributed by atoms with Crippen molar-refractivity contribution in [1.82, 2.24) is 0 Å². The molecule has 1 aliphatic heterocycles. The largest absolute Gasteiger partial charge is 0.478 e. The molecule has 1 aliphatic rings. The number of carbonyl (C=O) groups is 2. The number of aliphatic imine (C=N–C) groups is 1. The van der Waals surface area contributed by atoms with Crippen LogP contribution in [-0.2, 0) is 11.2 Å². The van der Waals surface area contributed by atoms with E-state index in [4.69, 9.17) is 5.11 Å². The normalized spacial score (nSPS) is 17.0. The smallest absolute Gasteiger partial charge is 0.335 e. The van der Waals surface area contributed by atoms with Crippen LogP contribution in [0.4, 0.5) is 0 Å². The van der Waals surface area contributed by atoms with Crippen LogP contribution in [0.5, 0.6) is 0 Å². The maximum absolute atomic E-state index is 12.7. The highest BCUT2D eigenvalue weighted by molar-refractivity contribution is 6.43. The Balaban J connectivity index is 1.80. The number of rotatable bonds is 4. The Labute approximate surface area is 133 Å². The van der Waals surface area contributed by atoms with Gasteiger partial charge in [-0.1, -0.05) is 48.5 Å². The van der Waals surface area contributed by atoms with Crippen molar-refractivity contribution in [3.63, 3.8) is 0 Å². The highest BCUT2D eigenvalue weighted by Crippen LogP contribution is 2.23. The van der Waals surface area contributed by atoms with Crippen LogP contribution in [0.1, 0.15) is 27.4 Å². The van der Waals surface area contributed by atoms with Gasteiger partial charge in [0.1, 0.15) is 0 Å².